The number of hydrogen-bond acceptors (Lipinski definition) is 9. The van der Waals surface area contributed by atoms with Crippen LogP contribution in [0, 0.1) is 0 Å². The van der Waals surface area contributed by atoms with Crippen molar-refractivity contribution in [3.8, 4) is 5.75 Å². The van der Waals surface area contributed by atoms with Crippen molar-refractivity contribution in [3.05, 3.63) is 112 Å². The molecule has 7 rings (SSSR count). The number of amidine groups is 1. The fourth-order valence-corrected chi connectivity index (χ4v) is 9.30. The highest BCUT2D eigenvalue weighted by Gasteiger charge is 2.52. The summed E-state index contributed by atoms with van der Waals surface area (Å²) in [5, 5.41) is 5.12. The number of pyridine rings is 1. The third-order valence-electron chi connectivity index (χ3n) is 10.7. The molecule has 0 aliphatic carbocycles. The topological polar surface area (TPSA) is 122 Å². The number of imidazole rings is 1. The quantitative estimate of drug-likeness (QED) is 0.223. The normalized spacial score (nSPS) is 24.0. The van der Waals surface area contributed by atoms with E-state index in [1.807, 2.05) is 67.7 Å². The van der Waals surface area contributed by atoms with Crippen LogP contribution in [0.5, 0.6) is 5.75 Å². The summed E-state index contributed by atoms with van der Waals surface area (Å²) in [4.78, 5) is 30.0. The van der Waals surface area contributed by atoms with E-state index < -0.39 is 20.9 Å². The number of hydrogen-bond donors (Lipinski definition) is 1. The number of carbonyl (C=O) groups is 1. The van der Waals surface area contributed by atoms with Crippen molar-refractivity contribution in [1.82, 2.24) is 29.7 Å². The van der Waals surface area contributed by atoms with Gasteiger partial charge < -0.3 is 15.0 Å². The van der Waals surface area contributed by atoms with Gasteiger partial charge in [-0.2, -0.15) is 0 Å². The summed E-state index contributed by atoms with van der Waals surface area (Å²) in [7, 11) is -2.84. The molecule has 3 aliphatic rings. The maximum atomic E-state index is 12.1. The van der Waals surface area contributed by atoms with Crippen LogP contribution < -0.4 is 10.1 Å². The summed E-state index contributed by atoms with van der Waals surface area (Å²) in [6.45, 7) is 16.0. The zero-order valence-corrected chi connectivity index (χ0v) is 34.0. The van der Waals surface area contributed by atoms with Crippen molar-refractivity contribution in [3.63, 3.8) is 0 Å². The predicted octanol–water partition coefficient (Wildman–Crippen LogP) is 6.92. The van der Waals surface area contributed by atoms with E-state index in [-0.39, 0.29) is 23.2 Å². The number of rotatable bonds is 6. The van der Waals surface area contributed by atoms with E-state index in [1.165, 1.54) is 10.9 Å². The van der Waals surface area contributed by atoms with Crippen LogP contribution in [-0.2, 0) is 26.3 Å². The van der Waals surface area contributed by atoms with E-state index >= 15 is 0 Å². The molecule has 11 nitrogen and oxygen atoms in total. The van der Waals surface area contributed by atoms with Gasteiger partial charge >= 0.3 is 6.03 Å². The molecule has 288 valence electrons. The lowest BCUT2D eigenvalue weighted by Gasteiger charge is -2.40. The minimum Gasteiger partial charge on any atom is -0.493 e. The van der Waals surface area contributed by atoms with Crippen molar-refractivity contribution >= 4 is 44.9 Å². The lowest BCUT2D eigenvalue weighted by atomic mass is 9.72. The second kappa shape index (κ2) is 15.6. The summed E-state index contributed by atoms with van der Waals surface area (Å²) in [6, 6.07) is 17.9. The Morgan fingerprint density at radius 3 is 2.15 bits per heavy atom. The molecule has 0 spiro atoms. The molecule has 2 saturated heterocycles. The molecule has 3 aliphatic heterocycles. The molecule has 1 unspecified atom stereocenters. The van der Waals surface area contributed by atoms with Gasteiger partial charge in [0.1, 0.15) is 23.5 Å². The van der Waals surface area contributed by atoms with Crippen LogP contribution in [0.25, 0.3) is 0 Å². The van der Waals surface area contributed by atoms with Crippen molar-refractivity contribution in [2.75, 3.05) is 44.3 Å². The number of halogens is 2. The largest absolute Gasteiger partial charge is 0.493 e. The van der Waals surface area contributed by atoms with Gasteiger partial charge in [0.2, 0.25) is 0 Å². The molecule has 2 aromatic carbocycles. The number of aromatic nitrogens is 3. The lowest BCUT2D eigenvalue weighted by molar-refractivity contribution is 0.116. The van der Waals surface area contributed by atoms with Crippen LogP contribution in [0.15, 0.2) is 84.5 Å². The predicted molar refractivity (Wildman–Crippen MR) is 215 cm³/mol. The molecule has 0 radical (unpaired) electrons. The first-order valence-electron chi connectivity index (χ1n) is 18.3. The van der Waals surface area contributed by atoms with Gasteiger partial charge in [0.05, 0.1) is 29.2 Å². The second-order valence-corrected chi connectivity index (χ2v) is 18.5. The van der Waals surface area contributed by atoms with Crippen LogP contribution in [0.1, 0.15) is 70.3 Å². The van der Waals surface area contributed by atoms with Gasteiger partial charge in [0.25, 0.3) is 0 Å². The first kappa shape index (κ1) is 39.7. The van der Waals surface area contributed by atoms with E-state index in [9.17, 15) is 13.2 Å². The molecule has 1 N–H and O–H groups in total. The van der Waals surface area contributed by atoms with Gasteiger partial charge in [-0.05, 0) is 62.6 Å². The molecular weight excluding hydrogens is 745 g/mol. The molecule has 0 bridgehead atoms. The molecule has 1 amide bonds. The van der Waals surface area contributed by atoms with Crippen molar-refractivity contribution in [2.24, 2.45) is 4.99 Å². The molecule has 4 aromatic rings. The minimum absolute atomic E-state index is 0.0683. The van der Waals surface area contributed by atoms with Gasteiger partial charge in [-0.3, -0.25) is 19.4 Å². The number of sulfone groups is 1. The SMILES string of the molecule is CCOc1cc(C(C)(C)C)ncc1C1=N[C@](C)(c2ccc(Cl)cc2)[C@](C)(c2ccc(Cl)cc2)N1.O=C(N1CCN(C2CCS(=O)(=O)C2)CC1)n1ccnc1. The number of ether oxygens (including phenoxy) is 1. The molecule has 3 atom stereocenters. The molecule has 54 heavy (non-hydrogen) atoms. The molecule has 2 aromatic heterocycles. The Hall–Kier alpha value is -3.97. The number of piperazine rings is 1. The molecule has 0 saturated carbocycles. The van der Waals surface area contributed by atoms with Gasteiger partial charge in [-0.1, -0.05) is 68.2 Å². The Morgan fingerprint density at radius 2 is 1.61 bits per heavy atom. The Morgan fingerprint density at radius 1 is 0.981 bits per heavy atom. The Labute approximate surface area is 328 Å². The number of carbonyl (C=O) groups excluding carboxylic acids is 1. The molecule has 14 heteroatoms. The summed E-state index contributed by atoms with van der Waals surface area (Å²) >= 11 is 12.4. The van der Waals surface area contributed by atoms with Crippen molar-refractivity contribution < 1.29 is 17.9 Å². The van der Waals surface area contributed by atoms with E-state index in [0.717, 1.165) is 53.5 Å². The maximum absolute atomic E-state index is 12.1. The Balaban J connectivity index is 0.000000210. The fraction of sp³-hybridized carbons (Fsp3) is 0.450. The molecular formula is C40H49Cl2N7O4S. The summed E-state index contributed by atoms with van der Waals surface area (Å²) < 4.78 is 30.6. The van der Waals surface area contributed by atoms with Gasteiger partial charge in [0, 0.05) is 78.0 Å². The van der Waals surface area contributed by atoms with Gasteiger partial charge in [0.15, 0.2) is 9.84 Å². The third kappa shape index (κ3) is 8.32. The second-order valence-electron chi connectivity index (χ2n) is 15.4. The van der Waals surface area contributed by atoms with E-state index in [4.69, 9.17) is 37.9 Å². The van der Waals surface area contributed by atoms with Crippen LogP contribution in [0.3, 0.4) is 0 Å². The van der Waals surface area contributed by atoms with E-state index in [2.05, 4.69) is 49.8 Å². The summed E-state index contributed by atoms with van der Waals surface area (Å²) in [5.74, 6) is 2.08. The zero-order chi connectivity index (χ0) is 38.9. The fourth-order valence-electron chi connectivity index (χ4n) is 7.29. The number of benzene rings is 2. The summed E-state index contributed by atoms with van der Waals surface area (Å²) in [6.07, 6.45) is 7.30. The highest BCUT2D eigenvalue weighted by atomic mass is 35.5. The van der Waals surface area contributed by atoms with Crippen LogP contribution in [0.2, 0.25) is 10.0 Å². The first-order valence-corrected chi connectivity index (χ1v) is 20.9. The van der Waals surface area contributed by atoms with E-state index in [0.29, 0.717) is 35.5 Å². The van der Waals surface area contributed by atoms with E-state index in [1.54, 1.807) is 17.3 Å². The third-order valence-corrected chi connectivity index (χ3v) is 13.0. The van der Waals surface area contributed by atoms with Crippen LogP contribution in [0.4, 0.5) is 4.79 Å². The standard InChI is InChI=1S/C28H31Cl2N3O.C12H18N4O3S/c1-7-34-23-16-24(26(2,3)4)31-17-22(23)25-32-27(5,18-8-12-20(29)13-9-18)28(6,33-25)19-10-14-21(30)15-11-19;17-12(16-3-2-13-10-16)15-6-4-14(5-7-15)11-1-8-20(18,19)9-11/h8-17H,7H2,1-6H3,(H,32,33);2-3,10-11H,1,4-9H2/t27-,28+;. The highest BCUT2D eigenvalue weighted by Crippen LogP contribution is 2.48. The minimum atomic E-state index is -2.84. The first-order chi connectivity index (χ1) is 25.5. The Kier molecular flexibility index (Phi) is 11.5. The zero-order valence-electron chi connectivity index (χ0n) is 31.7. The average molecular weight is 795 g/mol. The molecule has 5 heterocycles. The highest BCUT2D eigenvalue weighted by molar-refractivity contribution is 7.91. The monoisotopic (exact) mass is 793 g/mol. The smallest absolute Gasteiger partial charge is 0.329 e. The van der Waals surface area contributed by atoms with Crippen LogP contribution >= 0.6 is 23.2 Å². The lowest BCUT2D eigenvalue weighted by Crippen LogP contribution is -2.53. The number of aliphatic imine (C=N–C) groups is 1. The average Bonchev–Trinajstić information content (AvgIpc) is 3.87. The Bertz CT molecular complexity index is 2080. The van der Waals surface area contributed by atoms with Crippen molar-refractivity contribution in [2.45, 2.75) is 70.5 Å². The van der Waals surface area contributed by atoms with Crippen molar-refractivity contribution in [1.29, 1.82) is 0 Å². The number of amides is 1. The van der Waals surface area contributed by atoms with Gasteiger partial charge in [-0.25, -0.2) is 18.2 Å². The molecule has 2 fully saturated rings. The van der Waals surface area contributed by atoms with Gasteiger partial charge in [-0.15, -0.1) is 0 Å². The number of nitrogens with zero attached hydrogens (tertiary/aromatic N) is 6. The summed E-state index contributed by atoms with van der Waals surface area (Å²) in [5.41, 5.74) is 2.65. The number of nitrogens with one attached hydrogen (secondary N) is 1. The van der Waals surface area contributed by atoms with Crippen LogP contribution in [-0.4, -0.2) is 95.0 Å². The maximum Gasteiger partial charge on any atom is 0.329 e.